The average Bonchev–Trinajstić information content (AvgIpc) is 2.85. The van der Waals surface area contributed by atoms with E-state index in [1.807, 2.05) is 45.0 Å². The molecule has 0 aliphatic rings. The minimum absolute atomic E-state index is 0.00676. The summed E-state index contributed by atoms with van der Waals surface area (Å²) in [5.74, 6) is -1.35. The zero-order valence-electron chi connectivity index (χ0n) is 13.7. The molecule has 1 atom stereocenters. The van der Waals surface area contributed by atoms with Crippen molar-refractivity contribution in [3.8, 4) is 0 Å². The largest absolute Gasteiger partial charge is 0.480 e. The number of carboxylic acid groups (broad SMARTS) is 1. The van der Waals surface area contributed by atoms with Gasteiger partial charge in [-0.25, -0.2) is 4.79 Å². The highest BCUT2D eigenvalue weighted by Crippen LogP contribution is 2.21. The van der Waals surface area contributed by atoms with Crippen LogP contribution in [0.25, 0.3) is 10.9 Å². The molecule has 0 radical (unpaired) electrons. The highest BCUT2D eigenvalue weighted by molar-refractivity contribution is 5.85. The zero-order valence-corrected chi connectivity index (χ0v) is 13.7. The standard InChI is InChI=1S/C17H23N3O3/c1-17(2,3)9-8-13(16(22)23)19-15(21)11-20-14-7-5-4-6-12(14)10-18-20/h4-7,10,13H,8-9,11H2,1-3H3,(H,19,21)(H,22,23). The predicted octanol–water partition coefficient (Wildman–Crippen LogP) is 2.43. The van der Waals surface area contributed by atoms with Crippen LogP contribution in [-0.4, -0.2) is 32.8 Å². The van der Waals surface area contributed by atoms with Gasteiger partial charge in [-0.05, 0) is 24.3 Å². The number of hydrogen-bond acceptors (Lipinski definition) is 3. The monoisotopic (exact) mass is 317 g/mol. The van der Waals surface area contributed by atoms with Crippen LogP contribution in [-0.2, 0) is 16.1 Å². The number of rotatable bonds is 6. The molecule has 0 saturated heterocycles. The Bertz CT molecular complexity index is 700. The smallest absolute Gasteiger partial charge is 0.326 e. The van der Waals surface area contributed by atoms with Gasteiger partial charge in [0.2, 0.25) is 5.91 Å². The summed E-state index contributed by atoms with van der Waals surface area (Å²) >= 11 is 0. The Morgan fingerprint density at radius 3 is 2.65 bits per heavy atom. The zero-order chi connectivity index (χ0) is 17.0. The number of carbonyl (C=O) groups is 2. The molecule has 1 unspecified atom stereocenters. The lowest BCUT2D eigenvalue weighted by atomic mass is 9.88. The molecule has 2 N–H and O–H groups in total. The molecular weight excluding hydrogens is 294 g/mol. The molecule has 0 bridgehead atoms. The molecule has 1 amide bonds. The molecule has 1 heterocycles. The van der Waals surface area contributed by atoms with Crippen LogP contribution in [0.5, 0.6) is 0 Å². The van der Waals surface area contributed by atoms with Crippen molar-refractivity contribution in [2.75, 3.05) is 0 Å². The van der Waals surface area contributed by atoms with Crippen molar-refractivity contribution in [1.82, 2.24) is 15.1 Å². The van der Waals surface area contributed by atoms with E-state index in [1.165, 1.54) is 0 Å². The molecule has 0 spiro atoms. The Morgan fingerprint density at radius 2 is 2.00 bits per heavy atom. The number of aliphatic carboxylic acids is 1. The van der Waals surface area contributed by atoms with E-state index in [-0.39, 0.29) is 17.9 Å². The van der Waals surface area contributed by atoms with Crippen LogP contribution >= 0.6 is 0 Å². The minimum atomic E-state index is -1.01. The second-order valence-electron chi connectivity index (χ2n) is 6.92. The molecule has 0 aliphatic carbocycles. The lowest BCUT2D eigenvalue weighted by molar-refractivity contribution is -0.142. The fourth-order valence-corrected chi connectivity index (χ4v) is 2.36. The number of amides is 1. The Hall–Kier alpha value is -2.37. The predicted molar refractivity (Wildman–Crippen MR) is 88.0 cm³/mol. The fourth-order valence-electron chi connectivity index (χ4n) is 2.36. The molecule has 0 fully saturated rings. The molecular formula is C17H23N3O3. The van der Waals surface area contributed by atoms with Gasteiger partial charge in [-0.15, -0.1) is 0 Å². The Labute approximate surface area is 135 Å². The first-order chi connectivity index (χ1) is 10.8. The maximum atomic E-state index is 12.2. The molecule has 1 aromatic heterocycles. The van der Waals surface area contributed by atoms with Gasteiger partial charge >= 0.3 is 5.97 Å². The van der Waals surface area contributed by atoms with Gasteiger partial charge in [-0.3, -0.25) is 9.48 Å². The van der Waals surface area contributed by atoms with E-state index in [9.17, 15) is 14.7 Å². The van der Waals surface area contributed by atoms with E-state index in [0.29, 0.717) is 6.42 Å². The maximum absolute atomic E-state index is 12.2. The highest BCUT2D eigenvalue weighted by Gasteiger charge is 2.23. The summed E-state index contributed by atoms with van der Waals surface area (Å²) in [4.78, 5) is 23.5. The SMILES string of the molecule is CC(C)(C)CCC(NC(=O)Cn1ncc2ccccc21)C(=O)O. The van der Waals surface area contributed by atoms with Gasteiger partial charge in [0.1, 0.15) is 12.6 Å². The van der Waals surface area contributed by atoms with Crippen LogP contribution in [0.1, 0.15) is 33.6 Å². The van der Waals surface area contributed by atoms with E-state index >= 15 is 0 Å². The van der Waals surface area contributed by atoms with Crippen LogP contribution in [0.3, 0.4) is 0 Å². The number of para-hydroxylation sites is 1. The van der Waals surface area contributed by atoms with Gasteiger partial charge in [0.15, 0.2) is 0 Å². The number of nitrogens with zero attached hydrogens (tertiary/aromatic N) is 2. The number of hydrogen-bond donors (Lipinski definition) is 2. The number of aromatic nitrogens is 2. The summed E-state index contributed by atoms with van der Waals surface area (Å²) in [6.07, 6.45) is 2.82. The Balaban J connectivity index is 2.00. The van der Waals surface area contributed by atoms with E-state index in [1.54, 1.807) is 10.9 Å². The molecule has 0 saturated carbocycles. The average molecular weight is 317 g/mol. The van der Waals surface area contributed by atoms with Crippen LogP contribution in [0.4, 0.5) is 0 Å². The van der Waals surface area contributed by atoms with Gasteiger partial charge in [0.05, 0.1) is 11.7 Å². The van der Waals surface area contributed by atoms with Crippen molar-refractivity contribution in [2.45, 2.75) is 46.2 Å². The normalized spacial score (nSPS) is 13.0. The molecule has 2 aromatic rings. The summed E-state index contributed by atoms with van der Waals surface area (Å²) in [6, 6.07) is 6.70. The van der Waals surface area contributed by atoms with Crippen molar-refractivity contribution in [3.05, 3.63) is 30.5 Å². The molecule has 0 aliphatic heterocycles. The van der Waals surface area contributed by atoms with Crippen molar-refractivity contribution in [1.29, 1.82) is 0 Å². The lowest BCUT2D eigenvalue weighted by Gasteiger charge is -2.21. The summed E-state index contributed by atoms with van der Waals surface area (Å²) < 4.78 is 1.58. The van der Waals surface area contributed by atoms with Crippen molar-refractivity contribution in [2.24, 2.45) is 5.41 Å². The first-order valence-corrected chi connectivity index (χ1v) is 7.69. The quantitative estimate of drug-likeness (QED) is 0.857. The first-order valence-electron chi connectivity index (χ1n) is 7.69. The second kappa shape index (κ2) is 6.81. The lowest BCUT2D eigenvalue weighted by Crippen LogP contribution is -2.42. The number of benzene rings is 1. The van der Waals surface area contributed by atoms with Gasteiger partial charge < -0.3 is 10.4 Å². The summed E-state index contributed by atoms with van der Waals surface area (Å²) in [7, 11) is 0. The summed E-state index contributed by atoms with van der Waals surface area (Å²) in [5.41, 5.74) is 0.876. The van der Waals surface area contributed by atoms with Gasteiger partial charge in [-0.2, -0.15) is 5.10 Å². The Morgan fingerprint density at radius 1 is 1.30 bits per heavy atom. The second-order valence-corrected chi connectivity index (χ2v) is 6.92. The van der Waals surface area contributed by atoms with Crippen LogP contribution in [0, 0.1) is 5.41 Å². The summed E-state index contributed by atoms with van der Waals surface area (Å²) in [5, 5.41) is 17.0. The van der Waals surface area contributed by atoms with Crippen LogP contribution < -0.4 is 5.32 Å². The third-order valence-corrected chi connectivity index (χ3v) is 3.66. The molecule has 2 rings (SSSR count). The molecule has 23 heavy (non-hydrogen) atoms. The van der Waals surface area contributed by atoms with E-state index in [0.717, 1.165) is 17.3 Å². The number of carbonyl (C=O) groups excluding carboxylic acids is 1. The van der Waals surface area contributed by atoms with Crippen molar-refractivity contribution >= 4 is 22.8 Å². The molecule has 124 valence electrons. The van der Waals surface area contributed by atoms with Crippen LogP contribution in [0.2, 0.25) is 0 Å². The summed E-state index contributed by atoms with van der Waals surface area (Å²) in [6.45, 7) is 6.14. The van der Waals surface area contributed by atoms with Gasteiger partial charge in [0.25, 0.3) is 0 Å². The van der Waals surface area contributed by atoms with E-state index in [4.69, 9.17) is 0 Å². The first kappa shape index (κ1) is 17.0. The van der Waals surface area contributed by atoms with E-state index in [2.05, 4.69) is 10.4 Å². The van der Waals surface area contributed by atoms with E-state index < -0.39 is 12.0 Å². The third kappa shape index (κ3) is 4.81. The number of carboxylic acids is 1. The fraction of sp³-hybridized carbons (Fsp3) is 0.471. The topological polar surface area (TPSA) is 84.2 Å². The third-order valence-electron chi connectivity index (χ3n) is 3.66. The molecule has 6 nitrogen and oxygen atoms in total. The Kier molecular flexibility index (Phi) is 5.03. The van der Waals surface area contributed by atoms with Gasteiger partial charge in [0, 0.05) is 5.39 Å². The number of fused-ring (bicyclic) bond motifs is 1. The van der Waals surface area contributed by atoms with Crippen molar-refractivity contribution < 1.29 is 14.7 Å². The maximum Gasteiger partial charge on any atom is 0.326 e. The van der Waals surface area contributed by atoms with Crippen LogP contribution in [0.15, 0.2) is 30.5 Å². The molecule has 1 aromatic carbocycles. The highest BCUT2D eigenvalue weighted by atomic mass is 16.4. The molecule has 6 heteroatoms. The van der Waals surface area contributed by atoms with Crippen molar-refractivity contribution in [3.63, 3.8) is 0 Å². The van der Waals surface area contributed by atoms with Gasteiger partial charge in [-0.1, -0.05) is 39.0 Å². The minimum Gasteiger partial charge on any atom is -0.480 e. The number of nitrogens with one attached hydrogen (secondary N) is 1.